The van der Waals surface area contributed by atoms with Gasteiger partial charge in [0.15, 0.2) is 0 Å². The van der Waals surface area contributed by atoms with E-state index in [1.807, 2.05) is 0 Å². The van der Waals surface area contributed by atoms with Crippen molar-refractivity contribution in [2.45, 2.75) is 0 Å². The minimum atomic E-state index is -3.05. The van der Waals surface area contributed by atoms with Gasteiger partial charge in [0.1, 0.15) is 13.2 Å². The average molecular weight is 432 g/mol. The second-order valence-corrected chi connectivity index (χ2v) is 15.6. The molecule has 0 aromatic heterocycles. The summed E-state index contributed by atoms with van der Waals surface area (Å²) in [7, 11) is -6.10. The summed E-state index contributed by atoms with van der Waals surface area (Å²) < 4.78 is 47.7. The molecule has 4 atom stereocenters. The van der Waals surface area contributed by atoms with Crippen LogP contribution in [0.2, 0.25) is 0 Å². The van der Waals surface area contributed by atoms with Gasteiger partial charge in [-0.05, 0) is 27.0 Å². The molecule has 4 bridgehead atoms. The Labute approximate surface area is 137 Å². The molecular weight excluding hydrogens is 419 g/mol. The highest BCUT2D eigenvalue weighted by molar-refractivity contribution is 8.02. The van der Waals surface area contributed by atoms with Crippen LogP contribution in [0.5, 0.6) is 0 Å². The van der Waals surface area contributed by atoms with Gasteiger partial charge < -0.3 is 18.1 Å². The van der Waals surface area contributed by atoms with E-state index in [-0.39, 0.29) is 39.6 Å². The molecule has 4 heterocycles. The van der Waals surface area contributed by atoms with Gasteiger partial charge in [-0.1, -0.05) is 0 Å². The van der Waals surface area contributed by atoms with Crippen LogP contribution in [0.4, 0.5) is 0 Å². The van der Waals surface area contributed by atoms with Gasteiger partial charge >= 0.3 is 15.7 Å². The van der Waals surface area contributed by atoms with Crippen LogP contribution in [0.3, 0.4) is 0 Å². The summed E-state index contributed by atoms with van der Waals surface area (Å²) >= 11 is 13.0. The molecule has 16 heteroatoms. The van der Waals surface area contributed by atoms with E-state index in [0.717, 1.165) is 0 Å². The van der Waals surface area contributed by atoms with E-state index in [1.54, 1.807) is 0 Å². The van der Waals surface area contributed by atoms with E-state index in [1.165, 1.54) is 0 Å². The maximum atomic E-state index is 6.52. The predicted molar refractivity (Wildman–Crippen MR) is 85.5 cm³/mol. The molecule has 4 aliphatic heterocycles. The molecule has 0 radical (unpaired) electrons. The van der Waals surface area contributed by atoms with Gasteiger partial charge in [-0.15, -0.1) is 0 Å². The Morgan fingerprint density at radius 2 is 1.36 bits per heavy atom. The first-order valence-corrected chi connectivity index (χ1v) is 14.5. The maximum absolute atomic E-state index is 6.52. The topological polar surface area (TPSA) is 104 Å². The highest BCUT2D eigenvalue weighted by atomic mass is 35.7. The largest absolute Gasteiger partial charge is 0.540 e. The van der Waals surface area contributed by atoms with Crippen molar-refractivity contribution >= 4 is 51.7 Å². The van der Waals surface area contributed by atoms with E-state index in [9.17, 15) is 0 Å². The molecule has 4 rings (SSSR count). The summed E-state index contributed by atoms with van der Waals surface area (Å²) in [6.07, 6.45) is 0. The molecule has 0 fully saturated rings. The van der Waals surface area contributed by atoms with Gasteiger partial charge in [-0.2, -0.15) is 18.4 Å². The zero-order valence-electron chi connectivity index (χ0n) is 11.1. The van der Waals surface area contributed by atoms with Crippen LogP contribution in [0.1, 0.15) is 0 Å². The lowest BCUT2D eigenvalue weighted by Crippen LogP contribution is -2.07. The lowest BCUT2D eigenvalue weighted by Gasteiger charge is -2.24. The van der Waals surface area contributed by atoms with Crippen LogP contribution in [-0.4, -0.2) is 39.6 Å². The average Bonchev–Trinajstić information content (AvgIpc) is 2.77. The lowest BCUT2D eigenvalue weighted by atomic mass is 10.8. The number of halogens is 2. The first-order chi connectivity index (χ1) is 10.4. The van der Waals surface area contributed by atoms with Crippen molar-refractivity contribution in [3.8, 4) is 0 Å². The van der Waals surface area contributed by atoms with Crippen LogP contribution in [0, 0.1) is 0 Å². The Morgan fingerprint density at radius 1 is 0.773 bits per heavy atom. The van der Waals surface area contributed by atoms with E-state index < -0.39 is 29.2 Å². The fraction of sp³-hybridized carbons (Fsp3) is 1.00. The van der Waals surface area contributed by atoms with Crippen LogP contribution in [-0.2, 0) is 27.1 Å². The van der Waals surface area contributed by atoms with Crippen molar-refractivity contribution in [1.82, 2.24) is 4.86 Å². The van der Waals surface area contributed by atoms with Crippen molar-refractivity contribution in [3.05, 3.63) is 0 Å². The molecule has 0 amide bonds. The number of nitrogens with zero attached hydrogens (tertiary/aromatic N) is 3. The molecule has 0 saturated carbocycles. The molecule has 2 spiro atoms. The predicted octanol–water partition coefficient (Wildman–Crippen LogP) is 4.72. The first-order valence-electron chi connectivity index (χ1n) is 6.31. The number of nitrogens with one attached hydrogen (secondary N) is 1. The molecule has 1 unspecified atom stereocenters. The molecular formula is C6H13Cl2N4O6P4+. The summed E-state index contributed by atoms with van der Waals surface area (Å²) in [6, 6.07) is 0. The van der Waals surface area contributed by atoms with E-state index in [2.05, 4.69) is 18.4 Å². The standard InChI is InChI=1S/C6H13Cl2N4O6P4/c7-19-9-20(8)11-22(16-4-2-14-20)12-21(10-19,15-3-1-13-19)17-5-6-18-22/h9H,1-6H2/q+1/t19-,20+,21+,22?/m0/s1. The first kappa shape index (κ1) is 16.9. The Morgan fingerprint density at radius 3 is 2.14 bits per heavy atom. The molecule has 0 saturated heterocycles. The normalized spacial score (nSPS) is 51.5. The zero-order valence-corrected chi connectivity index (χ0v) is 16.2. The van der Waals surface area contributed by atoms with E-state index in [4.69, 9.17) is 49.6 Å². The summed E-state index contributed by atoms with van der Waals surface area (Å²) in [5.74, 6) is 0. The monoisotopic (exact) mass is 431 g/mol. The minimum absolute atomic E-state index is 0.235. The molecule has 1 N–H and O–H groups in total. The molecule has 22 heavy (non-hydrogen) atoms. The third kappa shape index (κ3) is 3.25. The third-order valence-corrected chi connectivity index (χ3v) is 16.5. The van der Waals surface area contributed by atoms with Crippen molar-refractivity contribution in [3.63, 3.8) is 0 Å². The fourth-order valence-corrected chi connectivity index (χ4v) is 17.4. The number of rotatable bonds is 0. The molecule has 0 aromatic carbocycles. The second kappa shape index (κ2) is 6.00. The molecule has 0 aromatic rings. The van der Waals surface area contributed by atoms with Gasteiger partial charge in [0.2, 0.25) is 0 Å². The van der Waals surface area contributed by atoms with Crippen LogP contribution >= 0.6 is 51.7 Å². The van der Waals surface area contributed by atoms with E-state index in [0.29, 0.717) is 0 Å². The van der Waals surface area contributed by atoms with Gasteiger partial charge in [-0.25, -0.2) is 0 Å². The molecule has 126 valence electrons. The smallest absolute Gasteiger partial charge is 0.318 e. The van der Waals surface area contributed by atoms with Gasteiger partial charge in [-0.3, -0.25) is 0 Å². The number of hydrogen-bond donors (Lipinski definition) is 1. The summed E-state index contributed by atoms with van der Waals surface area (Å²) in [5, 5.41) is 0. The quantitative estimate of drug-likeness (QED) is 0.553. The van der Waals surface area contributed by atoms with Gasteiger partial charge in [0.25, 0.3) is 13.6 Å². The summed E-state index contributed by atoms with van der Waals surface area (Å²) in [4.78, 5) is 2.95. The second-order valence-electron chi connectivity index (χ2n) is 4.35. The Balaban J connectivity index is 1.99. The zero-order chi connectivity index (χ0) is 15.3. The third-order valence-electron chi connectivity index (χ3n) is 2.74. The molecule has 0 aliphatic carbocycles. The summed E-state index contributed by atoms with van der Waals surface area (Å²) in [5.41, 5.74) is 0. The Kier molecular flexibility index (Phi) is 4.60. The van der Waals surface area contributed by atoms with Crippen molar-refractivity contribution in [1.29, 1.82) is 0 Å². The number of hydrogen-bond acceptors (Lipinski definition) is 10. The van der Waals surface area contributed by atoms with Crippen LogP contribution in [0.15, 0.2) is 13.5 Å². The SMILES string of the molecule is Cl[P@]12=N[P+]3(N=[P@@]4(N=[P@](Cl)(N1)OCCO4)OCCO3)OCCO2. The van der Waals surface area contributed by atoms with Crippen LogP contribution < -0.4 is 4.86 Å². The fourth-order valence-electron chi connectivity index (χ4n) is 1.99. The van der Waals surface area contributed by atoms with E-state index >= 15 is 0 Å². The minimum Gasteiger partial charge on any atom is -0.318 e. The molecule has 10 nitrogen and oxygen atoms in total. The van der Waals surface area contributed by atoms with Crippen LogP contribution in [0.25, 0.3) is 0 Å². The van der Waals surface area contributed by atoms with Crippen molar-refractivity contribution in [2.24, 2.45) is 13.5 Å². The Hall–Kier alpha value is 1.42. The maximum Gasteiger partial charge on any atom is 0.540 e. The Bertz CT molecular complexity index is 651. The van der Waals surface area contributed by atoms with Crippen molar-refractivity contribution < 1.29 is 27.1 Å². The lowest BCUT2D eigenvalue weighted by molar-refractivity contribution is 0.173. The van der Waals surface area contributed by atoms with Crippen molar-refractivity contribution in [2.75, 3.05) is 39.6 Å². The molecule has 4 aliphatic rings. The van der Waals surface area contributed by atoms with Gasteiger partial charge in [0, 0.05) is 4.52 Å². The highest BCUT2D eigenvalue weighted by Gasteiger charge is 2.57. The highest BCUT2D eigenvalue weighted by Crippen LogP contribution is 2.85. The summed E-state index contributed by atoms with van der Waals surface area (Å²) in [6.45, 7) is -4.60. The van der Waals surface area contributed by atoms with Gasteiger partial charge in [0.05, 0.1) is 26.4 Å².